The van der Waals surface area contributed by atoms with Gasteiger partial charge < -0.3 is 15.5 Å². The molecule has 19 heavy (non-hydrogen) atoms. The Bertz CT molecular complexity index is 346. The minimum Gasteiger partial charge on any atom is -0.341 e. The Labute approximate surface area is 115 Å². The molecule has 1 saturated carbocycles. The second-order valence-corrected chi connectivity index (χ2v) is 5.72. The molecule has 2 fully saturated rings. The van der Waals surface area contributed by atoms with Crippen molar-refractivity contribution in [3.63, 3.8) is 0 Å². The molecule has 0 unspecified atom stereocenters. The van der Waals surface area contributed by atoms with Gasteiger partial charge in [0.15, 0.2) is 0 Å². The minimum atomic E-state index is 0.106. The van der Waals surface area contributed by atoms with Gasteiger partial charge in [-0.1, -0.05) is 6.42 Å². The zero-order valence-corrected chi connectivity index (χ0v) is 11.8. The van der Waals surface area contributed by atoms with Gasteiger partial charge in [0.05, 0.1) is 0 Å². The monoisotopic (exact) mass is 267 g/mol. The van der Waals surface area contributed by atoms with Crippen molar-refractivity contribution in [2.75, 3.05) is 32.7 Å². The Kier molecular flexibility index (Phi) is 4.80. The molecule has 1 aliphatic carbocycles. The lowest BCUT2D eigenvalue weighted by molar-refractivity contribution is -0.137. The molecule has 1 heterocycles. The Morgan fingerprint density at radius 2 is 1.74 bits per heavy atom. The van der Waals surface area contributed by atoms with E-state index in [-0.39, 0.29) is 17.7 Å². The largest absolute Gasteiger partial charge is 0.341 e. The molecule has 0 aromatic carbocycles. The average Bonchev–Trinajstić information content (AvgIpc) is 2.73. The quantitative estimate of drug-likeness (QED) is 0.789. The van der Waals surface area contributed by atoms with Crippen molar-refractivity contribution in [1.29, 1.82) is 0 Å². The molecular weight excluding hydrogens is 242 g/mol. The van der Waals surface area contributed by atoms with E-state index in [9.17, 15) is 9.59 Å². The zero-order chi connectivity index (χ0) is 13.8. The van der Waals surface area contributed by atoms with E-state index in [4.69, 9.17) is 5.73 Å². The van der Waals surface area contributed by atoms with Gasteiger partial charge >= 0.3 is 0 Å². The van der Waals surface area contributed by atoms with Crippen LogP contribution in [0.3, 0.4) is 0 Å². The van der Waals surface area contributed by atoms with Gasteiger partial charge in [-0.3, -0.25) is 9.59 Å². The molecule has 2 rings (SSSR count). The van der Waals surface area contributed by atoms with E-state index >= 15 is 0 Å². The van der Waals surface area contributed by atoms with Crippen molar-refractivity contribution in [1.82, 2.24) is 9.80 Å². The van der Waals surface area contributed by atoms with Gasteiger partial charge in [0.1, 0.15) is 0 Å². The summed E-state index contributed by atoms with van der Waals surface area (Å²) in [7, 11) is 0. The first kappa shape index (κ1) is 14.3. The maximum absolute atomic E-state index is 12.6. The molecule has 2 amide bonds. The minimum absolute atomic E-state index is 0.106. The third-order valence-electron chi connectivity index (χ3n) is 4.53. The van der Waals surface area contributed by atoms with Gasteiger partial charge in [0.2, 0.25) is 11.8 Å². The predicted octanol–water partition coefficient (Wildman–Crippen LogP) is 0.442. The number of carbonyl (C=O) groups is 2. The van der Waals surface area contributed by atoms with Gasteiger partial charge in [0.25, 0.3) is 0 Å². The first-order valence-electron chi connectivity index (χ1n) is 7.38. The molecule has 0 spiro atoms. The Hall–Kier alpha value is -1.10. The smallest absolute Gasteiger partial charge is 0.226 e. The second-order valence-electron chi connectivity index (χ2n) is 5.72. The third kappa shape index (κ3) is 3.26. The van der Waals surface area contributed by atoms with Gasteiger partial charge in [-0.15, -0.1) is 0 Å². The Morgan fingerprint density at radius 1 is 1.05 bits per heavy atom. The number of nitrogens with two attached hydrogens (primary N) is 1. The van der Waals surface area contributed by atoms with E-state index in [0.717, 1.165) is 38.8 Å². The molecule has 5 heteroatoms. The lowest BCUT2D eigenvalue weighted by Gasteiger charge is -2.27. The van der Waals surface area contributed by atoms with Crippen LogP contribution < -0.4 is 5.73 Å². The number of hydrogen-bond acceptors (Lipinski definition) is 3. The molecule has 0 aromatic rings. The van der Waals surface area contributed by atoms with Crippen molar-refractivity contribution in [3.05, 3.63) is 0 Å². The summed E-state index contributed by atoms with van der Waals surface area (Å²) < 4.78 is 0. The fourth-order valence-electron chi connectivity index (χ4n) is 3.33. The van der Waals surface area contributed by atoms with Gasteiger partial charge in [-0.25, -0.2) is 0 Å². The van der Waals surface area contributed by atoms with Crippen LogP contribution in [0.25, 0.3) is 0 Å². The van der Waals surface area contributed by atoms with E-state index in [1.807, 2.05) is 9.80 Å². The van der Waals surface area contributed by atoms with Crippen molar-refractivity contribution in [2.45, 2.75) is 32.6 Å². The highest BCUT2D eigenvalue weighted by atomic mass is 16.2. The maximum atomic E-state index is 12.6. The van der Waals surface area contributed by atoms with Crippen molar-refractivity contribution >= 4 is 11.8 Å². The number of rotatable bonds is 2. The summed E-state index contributed by atoms with van der Waals surface area (Å²) in [6.07, 6.45) is 4.06. The van der Waals surface area contributed by atoms with Crippen molar-refractivity contribution < 1.29 is 9.59 Å². The van der Waals surface area contributed by atoms with E-state index in [2.05, 4.69) is 0 Å². The molecule has 2 N–H and O–H groups in total. The van der Waals surface area contributed by atoms with E-state index in [1.54, 1.807) is 6.92 Å². The maximum Gasteiger partial charge on any atom is 0.226 e. The summed E-state index contributed by atoms with van der Waals surface area (Å²) in [4.78, 5) is 27.7. The highest BCUT2D eigenvalue weighted by Crippen LogP contribution is 2.32. The lowest BCUT2D eigenvalue weighted by Crippen LogP contribution is -2.41. The van der Waals surface area contributed by atoms with Gasteiger partial charge in [0, 0.05) is 39.0 Å². The topological polar surface area (TPSA) is 66.6 Å². The standard InChI is InChI=1S/C14H25N3O2/c1-11(18)16-6-3-7-17(9-8-16)14(19)13-5-2-4-12(13)10-15/h12-13H,2-10,15H2,1H3/t12-,13-/m1/s1. The fraction of sp³-hybridized carbons (Fsp3) is 0.857. The van der Waals surface area contributed by atoms with E-state index in [0.29, 0.717) is 25.6 Å². The molecule has 5 nitrogen and oxygen atoms in total. The Balaban J connectivity index is 1.94. The predicted molar refractivity (Wildman–Crippen MR) is 73.3 cm³/mol. The van der Waals surface area contributed by atoms with Crippen LogP contribution in [0.15, 0.2) is 0 Å². The molecule has 1 saturated heterocycles. The Morgan fingerprint density at radius 3 is 2.42 bits per heavy atom. The summed E-state index contributed by atoms with van der Waals surface area (Å²) in [6.45, 7) is 5.09. The molecular formula is C14H25N3O2. The number of carbonyl (C=O) groups excluding carboxylic acids is 2. The van der Waals surface area contributed by atoms with E-state index in [1.165, 1.54) is 0 Å². The van der Waals surface area contributed by atoms with Crippen LogP contribution in [0.2, 0.25) is 0 Å². The average molecular weight is 267 g/mol. The molecule has 0 bridgehead atoms. The highest BCUT2D eigenvalue weighted by Gasteiger charge is 2.35. The van der Waals surface area contributed by atoms with E-state index < -0.39 is 0 Å². The van der Waals surface area contributed by atoms with Gasteiger partial charge in [-0.2, -0.15) is 0 Å². The second kappa shape index (κ2) is 6.37. The van der Waals surface area contributed by atoms with Crippen LogP contribution in [-0.4, -0.2) is 54.3 Å². The van der Waals surface area contributed by atoms with Crippen molar-refractivity contribution in [3.8, 4) is 0 Å². The number of hydrogen-bond donors (Lipinski definition) is 1. The summed E-state index contributed by atoms with van der Waals surface area (Å²) >= 11 is 0. The molecule has 1 aliphatic heterocycles. The number of amides is 2. The van der Waals surface area contributed by atoms with Gasteiger partial charge in [-0.05, 0) is 31.7 Å². The zero-order valence-electron chi connectivity index (χ0n) is 11.8. The fourth-order valence-corrected chi connectivity index (χ4v) is 3.33. The third-order valence-corrected chi connectivity index (χ3v) is 4.53. The summed E-state index contributed by atoms with van der Waals surface area (Å²) in [5.74, 6) is 0.849. The van der Waals surface area contributed by atoms with Crippen LogP contribution in [0.1, 0.15) is 32.6 Å². The van der Waals surface area contributed by atoms with Crippen LogP contribution in [0.5, 0.6) is 0 Å². The molecule has 0 aromatic heterocycles. The van der Waals surface area contributed by atoms with Crippen molar-refractivity contribution in [2.24, 2.45) is 17.6 Å². The lowest BCUT2D eigenvalue weighted by atomic mass is 9.94. The van der Waals surface area contributed by atoms with Crippen LogP contribution in [0, 0.1) is 11.8 Å². The molecule has 108 valence electrons. The molecule has 0 radical (unpaired) electrons. The first-order chi connectivity index (χ1) is 9.13. The molecule has 2 aliphatic rings. The van der Waals surface area contributed by atoms with Crippen LogP contribution in [-0.2, 0) is 9.59 Å². The summed E-state index contributed by atoms with van der Waals surface area (Å²) in [6, 6.07) is 0. The SMILES string of the molecule is CC(=O)N1CCCN(C(=O)[C@@H]2CCC[C@@H]2CN)CC1. The highest BCUT2D eigenvalue weighted by molar-refractivity contribution is 5.80. The first-order valence-corrected chi connectivity index (χ1v) is 7.38. The van der Waals surface area contributed by atoms with Crippen LogP contribution >= 0.6 is 0 Å². The normalized spacial score (nSPS) is 28.3. The van der Waals surface area contributed by atoms with Crippen LogP contribution in [0.4, 0.5) is 0 Å². The molecule has 2 atom stereocenters. The summed E-state index contributed by atoms with van der Waals surface area (Å²) in [5, 5.41) is 0. The number of nitrogens with zero attached hydrogens (tertiary/aromatic N) is 2. The summed E-state index contributed by atoms with van der Waals surface area (Å²) in [5.41, 5.74) is 5.76.